The molecule has 4 atom stereocenters. The molecule has 1 saturated heterocycles. The van der Waals surface area contributed by atoms with Crippen LogP contribution in [0.5, 0.6) is 0 Å². The second-order valence-corrected chi connectivity index (χ2v) is 5.05. The maximum atomic E-state index is 9.33. The first-order valence-corrected chi connectivity index (χ1v) is 6.32. The van der Waals surface area contributed by atoms with E-state index >= 15 is 0 Å². The Balaban J connectivity index is 2.04. The maximum absolute atomic E-state index is 9.33. The van der Waals surface area contributed by atoms with Crippen LogP contribution in [-0.2, 0) is 4.74 Å². The van der Waals surface area contributed by atoms with Crippen LogP contribution in [0.25, 0.3) is 11.2 Å². The average molecular weight is 263 g/mol. The van der Waals surface area contributed by atoms with Crippen LogP contribution in [0.3, 0.4) is 0 Å². The van der Waals surface area contributed by atoms with E-state index < -0.39 is 0 Å². The Bertz CT molecular complexity index is 599. The summed E-state index contributed by atoms with van der Waals surface area (Å²) >= 11 is 0. The number of hydrogen-bond acceptors (Lipinski definition) is 6. The number of ether oxygens (including phenoxy) is 1. The molecule has 3 heterocycles. The fourth-order valence-corrected chi connectivity index (χ4v) is 2.61. The van der Waals surface area contributed by atoms with E-state index in [1.807, 2.05) is 4.57 Å². The largest absolute Gasteiger partial charge is 0.394 e. The molecular weight excluding hydrogens is 246 g/mol. The minimum Gasteiger partial charge on any atom is -0.394 e. The molecule has 7 nitrogen and oxygen atoms in total. The van der Waals surface area contributed by atoms with E-state index in [2.05, 4.69) is 28.8 Å². The van der Waals surface area contributed by atoms with Gasteiger partial charge >= 0.3 is 0 Å². The normalized spacial score (nSPS) is 31.1. The summed E-state index contributed by atoms with van der Waals surface area (Å²) in [7, 11) is 0. The molecule has 1 aliphatic rings. The number of aliphatic hydroxyl groups excluding tert-OH is 1. The predicted octanol–water partition coefficient (Wildman–Crippen LogP) is 0.570. The molecule has 0 radical (unpaired) electrons. The molecule has 2 aromatic rings. The lowest BCUT2D eigenvalue weighted by atomic mass is 9.93. The molecule has 1 aliphatic heterocycles. The van der Waals surface area contributed by atoms with Crippen molar-refractivity contribution >= 4 is 17.0 Å². The molecule has 3 N–H and O–H groups in total. The number of fused-ring (bicyclic) bond motifs is 1. The molecule has 0 aliphatic carbocycles. The van der Waals surface area contributed by atoms with Gasteiger partial charge in [0.2, 0.25) is 0 Å². The first-order chi connectivity index (χ1) is 9.13. The van der Waals surface area contributed by atoms with Crippen LogP contribution in [0.2, 0.25) is 0 Å². The summed E-state index contributed by atoms with van der Waals surface area (Å²) in [6, 6.07) is 0. The van der Waals surface area contributed by atoms with Gasteiger partial charge < -0.3 is 15.6 Å². The smallest absolute Gasteiger partial charge is 0.167 e. The van der Waals surface area contributed by atoms with Crippen LogP contribution < -0.4 is 5.73 Å². The maximum Gasteiger partial charge on any atom is 0.167 e. The van der Waals surface area contributed by atoms with Crippen molar-refractivity contribution in [1.82, 2.24) is 19.5 Å². The van der Waals surface area contributed by atoms with E-state index in [0.717, 1.165) is 0 Å². The number of aromatic nitrogens is 4. The highest BCUT2D eigenvalue weighted by Gasteiger charge is 2.40. The molecule has 2 aromatic heterocycles. The molecular formula is C12H17N5O2. The van der Waals surface area contributed by atoms with Gasteiger partial charge in [-0.1, -0.05) is 13.8 Å². The lowest BCUT2D eigenvalue weighted by molar-refractivity contribution is -0.0336. The number of anilines is 1. The minimum atomic E-state index is -0.188. The molecule has 102 valence electrons. The Hall–Kier alpha value is -1.73. The third-order valence-electron chi connectivity index (χ3n) is 4.02. The molecule has 0 spiro atoms. The molecule has 0 aromatic carbocycles. The SMILES string of the molecule is C[C@@H]1[C@H](CO)OC(n2cnc3c(N)ncnc32)[C@H]1C. The number of nitrogens with two attached hydrogens (primary N) is 1. The fourth-order valence-electron chi connectivity index (χ4n) is 2.61. The van der Waals surface area contributed by atoms with Gasteiger partial charge in [-0.3, -0.25) is 4.57 Å². The van der Waals surface area contributed by atoms with E-state index in [1.165, 1.54) is 6.33 Å². The standard InChI is InChI=1S/C12H17N5O2/c1-6-7(2)12(19-8(6)3-18)17-5-16-9-10(13)14-4-15-11(9)17/h4-8,12,18H,3H2,1-2H3,(H2,13,14,15)/t6-,7-,8-,12?/m0/s1. The zero-order valence-electron chi connectivity index (χ0n) is 10.9. The predicted molar refractivity (Wildman–Crippen MR) is 69.1 cm³/mol. The van der Waals surface area contributed by atoms with E-state index in [9.17, 15) is 5.11 Å². The van der Waals surface area contributed by atoms with Gasteiger partial charge in [0.25, 0.3) is 0 Å². The minimum absolute atomic E-state index is 0.0196. The highest BCUT2D eigenvalue weighted by atomic mass is 16.5. The second-order valence-electron chi connectivity index (χ2n) is 5.05. The number of nitrogen functional groups attached to an aromatic ring is 1. The van der Waals surface area contributed by atoms with Gasteiger partial charge in [-0.05, 0) is 5.92 Å². The number of hydrogen-bond donors (Lipinski definition) is 2. The molecule has 3 rings (SSSR count). The van der Waals surface area contributed by atoms with Crippen LogP contribution in [0.1, 0.15) is 20.1 Å². The van der Waals surface area contributed by atoms with E-state index in [-0.39, 0.29) is 30.8 Å². The Labute approximate surface area is 110 Å². The van der Waals surface area contributed by atoms with Gasteiger partial charge in [0.1, 0.15) is 18.1 Å². The van der Waals surface area contributed by atoms with Crippen molar-refractivity contribution in [3.05, 3.63) is 12.7 Å². The van der Waals surface area contributed by atoms with Crippen LogP contribution in [0.15, 0.2) is 12.7 Å². The first kappa shape index (κ1) is 12.3. The molecule has 19 heavy (non-hydrogen) atoms. The zero-order valence-corrected chi connectivity index (χ0v) is 10.9. The number of imidazole rings is 1. The van der Waals surface area contributed by atoms with Crippen molar-refractivity contribution in [3.63, 3.8) is 0 Å². The summed E-state index contributed by atoms with van der Waals surface area (Å²) in [5, 5.41) is 9.33. The van der Waals surface area contributed by atoms with E-state index in [4.69, 9.17) is 10.5 Å². The summed E-state index contributed by atoms with van der Waals surface area (Å²) in [4.78, 5) is 12.4. The number of nitrogens with zero attached hydrogens (tertiary/aromatic N) is 4. The topological polar surface area (TPSA) is 99.1 Å². The second kappa shape index (κ2) is 4.43. The molecule has 7 heteroatoms. The molecule has 0 bridgehead atoms. The van der Waals surface area contributed by atoms with Crippen molar-refractivity contribution in [2.45, 2.75) is 26.2 Å². The Morgan fingerprint density at radius 3 is 2.79 bits per heavy atom. The number of aliphatic hydroxyl groups is 1. The van der Waals surface area contributed by atoms with Crippen LogP contribution in [-0.4, -0.2) is 37.3 Å². The van der Waals surface area contributed by atoms with Gasteiger partial charge in [-0.25, -0.2) is 15.0 Å². The summed E-state index contributed by atoms with van der Waals surface area (Å²) in [6.07, 6.45) is 2.74. The third-order valence-corrected chi connectivity index (χ3v) is 4.02. The van der Waals surface area contributed by atoms with Crippen LogP contribution in [0.4, 0.5) is 5.82 Å². The van der Waals surface area contributed by atoms with Gasteiger partial charge in [0.05, 0.1) is 19.0 Å². The summed E-state index contributed by atoms with van der Waals surface area (Å²) in [5.41, 5.74) is 7.02. The van der Waals surface area contributed by atoms with Crippen molar-refractivity contribution < 1.29 is 9.84 Å². The highest BCUT2D eigenvalue weighted by molar-refractivity contribution is 5.81. The quantitative estimate of drug-likeness (QED) is 0.821. The van der Waals surface area contributed by atoms with E-state index in [0.29, 0.717) is 17.0 Å². The monoisotopic (exact) mass is 263 g/mol. The molecule has 0 saturated carbocycles. The van der Waals surface area contributed by atoms with Gasteiger partial charge in [-0.15, -0.1) is 0 Å². The Morgan fingerprint density at radius 2 is 2.11 bits per heavy atom. The fraction of sp³-hybridized carbons (Fsp3) is 0.583. The summed E-state index contributed by atoms with van der Waals surface area (Å²) in [5.74, 6) is 0.888. The zero-order chi connectivity index (χ0) is 13.6. The third kappa shape index (κ3) is 1.77. The van der Waals surface area contributed by atoms with Crippen molar-refractivity contribution in [3.8, 4) is 0 Å². The molecule has 0 amide bonds. The first-order valence-electron chi connectivity index (χ1n) is 6.32. The van der Waals surface area contributed by atoms with Gasteiger partial charge in [0, 0.05) is 5.92 Å². The lowest BCUT2D eigenvalue weighted by Gasteiger charge is -2.17. The van der Waals surface area contributed by atoms with E-state index in [1.54, 1.807) is 6.33 Å². The highest BCUT2D eigenvalue weighted by Crippen LogP contribution is 2.39. The van der Waals surface area contributed by atoms with Crippen molar-refractivity contribution in [1.29, 1.82) is 0 Å². The summed E-state index contributed by atoms with van der Waals surface area (Å²) in [6.45, 7) is 4.20. The van der Waals surface area contributed by atoms with Crippen molar-refractivity contribution in [2.24, 2.45) is 11.8 Å². The molecule has 1 unspecified atom stereocenters. The summed E-state index contributed by atoms with van der Waals surface area (Å²) < 4.78 is 7.76. The van der Waals surface area contributed by atoms with Crippen LogP contribution in [0, 0.1) is 11.8 Å². The van der Waals surface area contributed by atoms with Gasteiger partial charge in [0.15, 0.2) is 11.5 Å². The molecule has 1 fully saturated rings. The number of rotatable bonds is 2. The Morgan fingerprint density at radius 1 is 1.32 bits per heavy atom. The lowest BCUT2D eigenvalue weighted by Crippen LogP contribution is -2.19. The Kier molecular flexibility index (Phi) is 2.87. The van der Waals surface area contributed by atoms with Crippen LogP contribution >= 0.6 is 0 Å². The van der Waals surface area contributed by atoms with Crippen molar-refractivity contribution in [2.75, 3.05) is 12.3 Å². The van der Waals surface area contributed by atoms with Gasteiger partial charge in [-0.2, -0.15) is 0 Å². The average Bonchev–Trinajstić information content (AvgIpc) is 2.94.